The van der Waals surface area contributed by atoms with Crippen molar-refractivity contribution < 1.29 is 22.7 Å². The maximum atomic E-state index is 14.6. The first kappa shape index (κ1) is 34.5. The molecule has 0 saturated heterocycles. The van der Waals surface area contributed by atoms with Crippen LogP contribution in [0.15, 0.2) is 108 Å². The molecule has 242 valence electrons. The van der Waals surface area contributed by atoms with Gasteiger partial charge in [-0.15, -0.1) is 0 Å². The van der Waals surface area contributed by atoms with Gasteiger partial charge in [-0.05, 0) is 67.8 Å². The highest BCUT2D eigenvalue weighted by Crippen LogP contribution is 2.31. The third-order valence-electron chi connectivity index (χ3n) is 7.77. The zero-order valence-electron chi connectivity index (χ0n) is 26.5. The van der Waals surface area contributed by atoms with E-state index in [-0.39, 0.29) is 40.5 Å². The number of hydrogen-bond donors (Lipinski definition) is 1. The zero-order valence-corrected chi connectivity index (χ0v) is 28.1. The Labute approximate surface area is 277 Å². The predicted molar refractivity (Wildman–Crippen MR) is 183 cm³/mol. The lowest BCUT2D eigenvalue weighted by Crippen LogP contribution is -2.54. The number of ether oxygens (including phenoxy) is 1. The number of anilines is 1. The van der Waals surface area contributed by atoms with Crippen molar-refractivity contribution >= 4 is 39.1 Å². The second kappa shape index (κ2) is 15.8. The SMILES string of the molecule is CC[C@H](C)NC(=O)[C@H](Cc1ccccc1)N(Cc1cccc(OC)c1)C(=O)CN(c1ccccc1Cl)S(=O)(=O)c1ccc(C)cc1. The quantitative estimate of drug-likeness (QED) is 0.169. The molecule has 0 saturated carbocycles. The fourth-order valence-electron chi connectivity index (χ4n) is 4.97. The summed E-state index contributed by atoms with van der Waals surface area (Å²) < 4.78 is 34.8. The number of aryl methyl sites for hydroxylation is 1. The van der Waals surface area contributed by atoms with Crippen molar-refractivity contribution in [2.75, 3.05) is 18.0 Å². The summed E-state index contributed by atoms with van der Waals surface area (Å²) in [6.45, 7) is 5.17. The standard InChI is InChI=1S/C36H40ClN3O5S/c1-5-27(3)38-36(42)34(23-28-12-7-6-8-13-28)39(24-29-14-11-15-30(22-29)45-4)35(41)25-40(33-17-10-9-16-32(33)37)46(43,44)31-20-18-26(2)19-21-31/h6-22,27,34H,5,23-25H2,1-4H3,(H,38,42)/t27-,34-/m0/s1. The predicted octanol–water partition coefficient (Wildman–Crippen LogP) is 6.41. The number of sulfonamides is 1. The van der Waals surface area contributed by atoms with Gasteiger partial charge in [0.2, 0.25) is 11.8 Å². The molecule has 0 fully saturated rings. The summed E-state index contributed by atoms with van der Waals surface area (Å²) >= 11 is 6.55. The second-order valence-electron chi connectivity index (χ2n) is 11.2. The lowest BCUT2D eigenvalue weighted by atomic mass is 10.0. The summed E-state index contributed by atoms with van der Waals surface area (Å²) in [5, 5.41) is 3.21. The van der Waals surface area contributed by atoms with Crippen LogP contribution in [0, 0.1) is 6.92 Å². The number of methoxy groups -OCH3 is 1. The maximum absolute atomic E-state index is 14.6. The van der Waals surface area contributed by atoms with Gasteiger partial charge in [0.25, 0.3) is 10.0 Å². The molecule has 0 aliphatic heterocycles. The van der Waals surface area contributed by atoms with Crippen LogP contribution in [0.4, 0.5) is 5.69 Å². The van der Waals surface area contributed by atoms with Crippen molar-refractivity contribution in [2.24, 2.45) is 0 Å². The molecule has 4 aromatic carbocycles. The van der Waals surface area contributed by atoms with Crippen molar-refractivity contribution in [1.29, 1.82) is 0 Å². The van der Waals surface area contributed by atoms with Crippen LogP contribution in [-0.4, -0.2) is 50.9 Å². The van der Waals surface area contributed by atoms with Gasteiger partial charge in [0.05, 0.1) is 22.7 Å². The molecule has 0 radical (unpaired) electrons. The van der Waals surface area contributed by atoms with Crippen LogP contribution in [0.3, 0.4) is 0 Å². The Balaban J connectivity index is 1.83. The number of carbonyl (C=O) groups is 2. The molecule has 0 unspecified atom stereocenters. The van der Waals surface area contributed by atoms with E-state index in [2.05, 4.69) is 5.32 Å². The Hall–Kier alpha value is -4.34. The van der Waals surface area contributed by atoms with Gasteiger partial charge in [-0.2, -0.15) is 0 Å². The van der Waals surface area contributed by atoms with Gasteiger partial charge >= 0.3 is 0 Å². The number of nitrogens with zero attached hydrogens (tertiary/aromatic N) is 2. The van der Waals surface area contributed by atoms with E-state index >= 15 is 0 Å². The topological polar surface area (TPSA) is 96.0 Å². The van der Waals surface area contributed by atoms with Crippen LogP contribution >= 0.6 is 11.6 Å². The van der Waals surface area contributed by atoms with Gasteiger partial charge in [0, 0.05) is 19.0 Å². The van der Waals surface area contributed by atoms with Gasteiger partial charge in [-0.3, -0.25) is 13.9 Å². The third kappa shape index (κ3) is 8.68. The summed E-state index contributed by atoms with van der Waals surface area (Å²) in [4.78, 5) is 30.0. The molecule has 0 bridgehead atoms. The number of hydrogen-bond acceptors (Lipinski definition) is 5. The average molecular weight is 662 g/mol. The molecule has 46 heavy (non-hydrogen) atoms. The highest BCUT2D eigenvalue weighted by molar-refractivity contribution is 7.92. The zero-order chi connectivity index (χ0) is 33.3. The van der Waals surface area contributed by atoms with Crippen LogP contribution in [0.5, 0.6) is 5.75 Å². The molecule has 0 aliphatic carbocycles. The lowest BCUT2D eigenvalue weighted by Gasteiger charge is -2.34. The van der Waals surface area contributed by atoms with Gasteiger partial charge in [-0.25, -0.2) is 8.42 Å². The summed E-state index contributed by atoms with van der Waals surface area (Å²) in [5.74, 6) is -0.313. The molecule has 4 rings (SSSR count). The normalized spacial score (nSPS) is 12.5. The first-order valence-electron chi connectivity index (χ1n) is 15.1. The van der Waals surface area contributed by atoms with E-state index in [0.717, 1.165) is 15.4 Å². The van der Waals surface area contributed by atoms with Crippen molar-refractivity contribution in [3.8, 4) is 5.75 Å². The lowest BCUT2D eigenvalue weighted by molar-refractivity contribution is -0.140. The van der Waals surface area contributed by atoms with Gasteiger partial charge in [0.1, 0.15) is 18.3 Å². The van der Waals surface area contributed by atoms with Crippen molar-refractivity contribution in [1.82, 2.24) is 10.2 Å². The molecule has 4 aromatic rings. The summed E-state index contributed by atoms with van der Waals surface area (Å²) in [6, 6.07) is 28.5. The van der Waals surface area contributed by atoms with E-state index < -0.39 is 28.5 Å². The summed E-state index contributed by atoms with van der Waals surface area (Å²) in [5.41, 5.74) is 2.61. The monoisotopic (exact) mass is 661 g/mol. The fraction of sp³-hybridized carbons (Fsp3) is 0.278. The van der Waals surface area contributed by atoms with Crippen molar-refractivity contribution in [3.05, 3.63) is 125 Å². The van der Waals surface area contributed by atoms with E-state index in [9.17, 15) is 18.0 Å². The maximum Gasteiger partial charge on any atom is 0.264 e. The largest absolute Gasteiger partial charge is 0.497 e. The van der Waals surface area contributed by atoms with Crippen LogP contribution in [0.2, 0.25) is 5.02 Å². The number of benzene rings is 4. The number of amides is 2. The van der Waals surface area contributed by atoms with Crippen LogP contribution in [0.25, 0.3) is 0 Å². The van der Waals surface area contributed by atoms with E-state index in [0.29, 0.717) is 17.7 Å². The minimum Gasteiger partial charge on any atom is -0.497 e. The second-order valence-corrected chi connectivity index (χ2v) is 13.4. The van der Waals surface area contributed by atoms with E-state index in [1.54, 1.807) is 61.7 Å². The van der Waals surface area contributed by atoms with Gasteiger partial charge in [0.15, 0.2) is 0 Å². The number of halogens is 1. The molecule has 0 spiro atoms. The smallest absolute Gasteiger partial charge is 0.264 e. The Kier molecular flexibility index (Phi) is 11.8. The average Bonchev–Trinajstić information content (AvgIpc) is 3.06. The van der Waals surface area contributed by atoms with E-state index in [1.807, 2.05) is 57.2 Å². The Bertz CT molecular complexity index is 1730. The summed E-state index contributed by atoms with van der Waals surface area (Å²) in [7, 11) is -2.70. The summed E-state index contributed by atoms with van der Waals surface area (Å²) in [6.07, 6.45) is 0.915. The van der Waals surface area contributed by atoms with Crippen LogP contribution in [0.1, 0.15) is 37.0 Å². The third-order valence-corrected chi connectivity index (χ3v) is 9.86. The molecule has 0 aromatic heterocycles. The number of para-hydroxylation sites is 1. The Morgan fingerprint density at radius 1 is 0.891 bits per heavy atom. The van der Waals surface area contributed by atoms with Crippen LogP contribution < -0.4 is 14.4 Å². The van der Waals surface area contributed by atoms with Gasteiger partial charge < -0.3 is 15.0 Å². The Morgan fingerprint density at radius 3 is 2.20 bits per heavy atom. The molecule has 10 heteroatoms. The number of rotatable bonds is 14. The Morgan fingerprint density at radius 2 is 1.54 bits per heavy atom. The molecule has 2 amide bonds. The molecular weight excluding hydrogens is 622 g/mol. The molecular formula is C36H40ClN3O5S. The minimum absolute atomic E-state index is 0.0144. The van der Waals surface area contributed by atoms with Crippen LogP contribution in [-0.2, 0) is 32.6 Å². The van der Waals surface area contributed by atoms with E-state index in [4.69, 9.17) is 16.3 Å². The highest BCUT2D eigenvalue weighted by Gasteiger charge is 2.35. The molecule has 2 atom stereocenters. The van der Waals surface area contributed by atoms with Crippen molar-refractivity contribution in [3.63, 3.8) is 0 Å². The fourth-order valence-corrected chi connectivity index (χ4v) is 6.69. The van der Waals surface area contributed by atoms with E-state index in [1.165, 1.54) is 17.0 Å². The molecule has 0 heterocycles. The number of carbonyl (C=O) groups excluding carboxylic acids is 2. The first-order chi connectivity index (χ1) is 22.0. The van der Waals surface area contributed by atoms with Crippen molar-refractivity contribution in [2.45, 2.75) is 57.1 Å². The number of nitrogens with one attached hydrogen (secondary N) is 1. The minimum atomic E-state index is -4.25. The molecule has 0 aliphatic rings. The molecule has 1 N–H and O–H groups in total. The van der Waals surface area contributed by atoms with Gasteiger partial charge in [-0.1, -0.05) is 90.8 Å². The highest BCUT2D eigenvalue weighted by atomic mass is 35.5. The molecule has 8 nitrogen and oxygen atoms in total. The first-order valence-corrected chi connectivity index (χ1v) is 17.0.